The van der Waals surface area contributed by atoms with Crippen molar-refractivity contribution in [1.82, 2.24) is 0 Å². The van der Waals surface area contributed by atoms with Gasteiger partial charge in [-0.3, -0.25) is 0 Å². The first-order valence-corrected chi connectivity index (χ1v) is 4.73. The third-order valence-corrected chi connectivity index (χ3v) is 3.83. The van der Waals surface area contributed by atoms with E-state index >= 15 is 0 Å². The van der Waals surface area contributed by atoms with Crippen LogP contribution in [0.25, 0.3) is 0 Å². The van der Waals surface area contributed by atoms with E-state index in [-0.39, 0.29) is 0 Å². The topological polar surface area (TPSA) is 0 Å². The number of rotatable bonds is 0. The molecule has 1 saturated carbocycles. The Morgan fingerprint density at radius 3 is 2.64 bits per heavy atom. The highest BCUT2D eigenvalue weighted by atomic mass is 14.5. The summed E-state index contributed by atoms with van der Waals surface area (Å²) in [6.45, 7) is 2.37. The first-order chi connectivity index (χ1) is 5.36. The SMILES string of the molecule is C[C@@H]1C=C[C@H]2[C@@H]1[C@@H]1C=C[C@@H]2C1. The Morgan fingerprint density at radius 2 is 1.82 bits per heavy atom. The molecule has 0 unspecified atom stereocenters. The molecule has 0 radical (unpaired) electrons. The van der Waals surface area contributed by atoms with Gasteiger partial charge in [-0.25, -0.2) is 0 Å². The number of fused-ring (bicyclic) bond motifs is 5. The van der Waals surface area contributed by atoms with E-state index in [1.54, 1.807) is 0 Å². The molecule has 0 heteroatoms. The lowest BCUT2D eigenvalue weighted by molar-refractivity contribution is 0.326. The van der Waals surface area contributed by atoms with E-state index in [4.69, 9.17) is 0 Å². The zero-order chi connectivity index (χ0) is 7.42. The van der Waals surface area contributed by atoms with Crippen molar-refractivity contribution in [3.05, 3.63) is 24.3 Å². The minimum Gasteiger partial charge on any atom is -0.0851 e. The van der Waals surface area contributed by atoms with Crippen molar-refractivity contribution < 1.29 is 0 Å². The zero-order valence-electron chi connectivity index (χ0n) is 6.90. The third kappa shape index (κ3) is 0.610. The van der Waals surface area contributed by atoms with E-state index in [2.05, 4.69) is 31.2 Å². The Kier molecular flexibility index (Phi) is 0.988. The molecule has 2 bridgehead atoms. The van der Waals surface area contributed by atoms with Crippen molar-refractivity contribution >= 4 is 0 Å². The van der Waals surface area contributed by atoms with Gasteiger partial charge in [0.25, 0.3) is 0 Å². The molecule has 0 heterocycles. The fourth-order valence-corrected chi connectivity index (χ4v) is 3.34. The van der Waals surface area contributed by atoms with E-state index in [1.165, 1.54) is 6.42 Å². The Labute approximate surface area is 68.0 Å². The van der Waals surface area contributed by atoms with Gasteiger partial charge in [0.2, 0.25) is 0 Å². The molecule has 5 atom stereocenters. The van der Waals surface area contributed by atoms with Crippen LogP contribution in [0.15, 0.2) is 24.3 Å². The predicted molar refractivity (Wildman–Crippen MR) is 46.0 cm³/mol. The van der Waals surface area contributed by atoms with Gasteiger partial charge in [0, 0.05) is 0 Å². The summed E-state index contributed by atoms with van der Waals surface area (Å²) in [5, 5.41) is 0. The third-order valence-electron chi connectivity index (χ3n) is 3.83. The van der Waals surface area contributed by atoms with Gasteiger partial charge in [-0.15, -0.1) is 0 Å². The standard InChI is InChI=1S/C11H14/c1-7-2-5-10-8-3-4-9(6-8)11(7)10/h2-5,7-11H,6H2,1H3/t7-,8-,9-,10-,11+/m1/s1. The lowest BCUT2D eigenvalue weighted by Gasteiger charge is -2.23. The van der Waals surface area contributed by atoms with Crippen molar-refractivity contribution in [3.8, 4) is 0 Å². The summed E-state index contributed by atoms with van der Waals surface area (Å²) in [5.41, 5.74) is 0. The van der Waals surface area contributed by atoms with Gasteiger partial charge in [-0.2, -0.15) is 0 Å². The van der Waals surface area contributed by atoms with Crippen LogP contribution in [-0.2, 0) is 0 Å². The van der Waals surface area contributed by atoms with Gasteiger partial charge < -0.3 is 0 Å². The van der Waals surface area contributed by atoms with Crippen LogP contribution < -0.4 is 0 Å². The van der Waals surface area contributed by atoms with E-state index in [1.807, 2.05) is 0 Å². The van der Waals surface area contributed by atoms with E-state index < -0.39 is 0 Å². The molecule has 3 aliphatic rings. The summed E-state index contributed by atoms with van der Waals surface area (Å²) in [4.78, 5) is 0. The lowest BCUT2D eigenvalue weighted by Crippen LogP contribution is -2.18. The molecule has 0 amide bonds. The fraction of sp³-hybridized carbons (Fsp3) is 0.636. The molecule has 0 aromatic heterocycles. The fourth-order valence-electron chi connectivity index (χ4n) is 3.34. The predicted octanol–water partition coefficient (Wildman–Crippen LogP) is 2.63. The minimum absolute atomic E-state index is 0.847. The van der Waals surface area contributed by atoms with Crippen LogP contribution in [0.5, 0.6) is 0 Å². The highest BCUT2D eigenvalue weighted by Gasteiger charge is 2.47. The molecular weight excluding hydrogens is 132 g/mol. The maximum atomic E-state index is 2.46. The first-order valence-electron chi connectivity index (χ1n) is 4.73. The number of hydrogen-bond acceptors (Lipinski definition) is 0. The second kappa shape index (κ2) is 1.80. The number of hydrogen-bond donors (Lipinski definition) is 0. The molecule has 0 aromatic rings. The van der Waals surface area contributed by atoms with E-state index in [0.717, 1.165) is 29.6 Å². The second-order valence-electron chi connectivity index (χ2n) is 4.35. The van der Waals surface area contributed by atoms with Gasteiger partial charge in [0.15, 0.2) is 0 Å². The molecule has 3 rings (SSSR count). The van der Waals surface area contributed by atoms with Crippen LogP contribution in [0.4, 0.5) is 0 Å². The largest absolute Gasteiger partial charge is 0.0851 e. The van der Waals surface area contributed by atoms with Crippen LogP contribution >= 0.6 is 0 Å². The summed E-state index contributed by atoms with van der Waals surface area (Å²) >= 11 is 0. The van der Waals surface area contributed by atoms with Gasteiger partial charge in [0.1, 0.15) is 0 Å². The van der Waals surface area contributed by atoms with Crippen LogP contribution in [0.1, 0.15) is 13.3 Å². The molecule has 3 aliphatic carbocycles. The highest BCUT2D eigenvalue weighted by molar-refractivity contribution is 5.23. The molecule has 1 fully saturated rings. The molecule has 0 aromatic carbocycles. The van der Waals surface area contributed by atoms with E-state index in [9.17, 15) is 0 Å². The van der Waals surface area contributed by atoms with Gasteiger partial charge in [0.05, 0.1) is 0 Å². The second-order valence-corrected chi connectivity index (χ2v) is 4.35. The summed E-state index contributed by atoms with van der Waals surface area (Å²) in [7, 11) is 0. The van der Waals surface area contributed by atoms with Crippen LogP contribution in [0.3, 0.4) is 0 Å². The summed E-state index contributed by atoms with van der Waals surface area (Å²) in [5.74, 6) is 4.58. The Hall–Kier alpha value is -0.520. The van der Waals surface area contributed by atoms with Crippen molar-refractivity contribution in [2.45, 2.75) is 13.3 Å². The molecule has 0 N–H and O–H groups in total. The average molecular weight is 146 g/mol. The maximum Gasteiger partial charge on any atom is -0.0131 e. The normalized spacial score (nSPS) is 57.4. The van der Waals surface area contributed by atoms with Crippen molar-refractivity contribution in [1.29, 1.82) is 0 Å². The van der Waals surface area contributed by atoms with Gasteiger partial charge in [-0.1, -0.05) is 31.2 Å². The minimum atomic E-state index is 0.847. The molecule has 0 aliphatic heterocycles. The zero-order valence-corrected chi connectivity index (χ0v) is 6.90. The first kappa shape index (κ1) is 6.05. The summed E-state index contributed by atoms with van der Waals surface area (Å²) in [6.07, 6.45) is 11.2. The molecule has 0 saturated heterocycles. The Bertz CT molecular complexity index is 236. The molecule has 0 nitrogen and oxygen atoms in total. The summed E-state index contributed by atoms with van der Waals surface area (Å²) < 4.78 is 0. The van der Waals surface area contributed by atoms with Crippen molar-refractivity contribution in [3.63, 3.8) is 0 Å². The van der Waals surface area contributed by atoms with Crippen LogP contribution in [0.2, 0.25) is 0 Å². The average Bonchev–Trinajstić information content (AvgIpc) is 2.60. The number of allylic oxidation sites excluding steroid dienone is 4. The smallest absolute Gasteiger partial charge is 0.0131 e. The Morgan fingerprint density at radius 1 is 1.00 bits per heavy atom. The van der Waals surface area contributed by atoms with Gasteiger partial charge in [-0.05, 0) is 36.0 Å². The molecular formula is C11H14. The monoisotopic (exact) mass is 146 g/mol. The molecule has 11 heavy (non-hydrogen) atoms. The van der Waals surface area contributed by atoms with Crippen LogP contribution in [0, 0.1) is 29.6 Å². The highest BCUT2D eigenvalue weighted by Crippen LogP contribution is 2.54. The molecule has 58 valence electrons. The maximum absolute atomic E-state index is 2.46. The van der Waals surface area contributed by atoms with Crippen molar-refractivity contribution in [2.24, 2.45) is 29.6 Å². The van der Waals surface area contributed by atoms with Crippen molar-refractivity contribution in [2.75, 3.05) is 0 Å². The van der Waals surface area contributed by atoms with E-state index in [0.29, 0.717) is 0 Å². The lowest BCUT2D eigenvalue weighted by atomic mass is 9.81. The molecule has 0 spiro atoms. The van der Waals surface area contributed by atoms with Crippen LogP contribution in [-0.4, -0.2) is 0 Å². The van der Waals surface area contributed by atoms with Gasteiger partial charge >= 0.3 is 0 Å². The Balaban J connectivity index is 2.02. The summed E-state index contributed by atoms with van der Waals surface area (Å²) in [6, 6.07) is 0. The quantitative estimate of drug-likeness (QED) is 0.461.